The van der Waals surface area contributed by atoms with Gasteiger partial charge in [0.25, 0.3) is 0 Å². The van der Waals surface area contributed by atoms with Crippen LogP contribution in [0.4, 0.5) is 26.3 Å². The van der Waals surface area contributed by atoms with Crippen molar-refractivity contribution in [1.29, 1.82) is 0 Å². The first-order valence-electron chi connectivity index (χ1n) is 10.3. The molecular formula is C21H21F6N3O6S. The molecule has 2 aliphatic rings. The lowest BCUT2D eigenvalue weighted by atomic mass is 10.1. The Labute approximate surface area is 209 Å². The van der Waals surface area contributed by atoms with Crippen molar-refractivity contribution in [2.24, 2.45) is 0 Å². The van der Waals surface area contributed by atoms with Crippen LogP contribution in [0.2, 0.25) is 0 Å². The number of morpholine rings is 1. The van der Waals surface area contributed by atoms with E-state index in [1.165, 1.54) is 4.88 Å². The van der Waals surface area contributed by atoms with Gasteiger partial charge in [0.2, 0.25) is 5.91 Å². The van der Waals surface area contributed by atoms with E-state index in [1.54, 1.807) is 17.5 Å². The summed E-state index contributed by atoms with van der Waals surface area (Å²) >= 11 is 1.78. The number of hydrogen-bond donors (Lipinski definition) is 2. The molecule has 4 rings (SSSR count). The molecule has 2 aromatic rings. The standard InChI is InChI=1S/C17H19N3O2S.2C2HF3O2/c21-17-12-22-16-11-19(9-14-4-2-6-23-14)10-15(16)20(17)8-13-3-1-5-18-7-13;2*3-2(4,5)1(6)7/h1-7,15-16H,8-12H2;2*(H,6,7)/t15-,16-;;/m1../s1. The smallest absolute Gasteiger partial charge is 0.475 e. The molecule has 0 saturated carbocycles. The van der Waals surface area contributed by atoms with Crippen molar-refractivity contribution in [2.45, 2.75) is 37.6 Å². The van der Waals surface area contributed by atoms with Crippen molar-refractivity contribution in [3.05, 3.63) is 52.5 Å². The van der Waals surface area contributed by atoms with E-state index in [2.05, 4.69) is 27.4 Å². The number of aliphatic carboxylic acids is 2. The number of carboxylic acid groups (broad SMARTS) is 2. The van der Waals surface area contributed by atoms with Crippen LogP contribution in [0.25, 0.3) is 0 Å². The van der Waals surface area contributed by atoms with Gasteiger partial charge in [-0.3, -0.25) is 14.7 Å². The normalized spacial score (nSPS) is 19.7. The van der Waals surface area contributed by atoms with Crippen LogP contribution in [0.1, 0.15) is 10.4 Å². The van der Waals surface area contributed by atoms with Crippen LogP contribution in [0.15, 0.2) is 42.0 Å². The van der Waals surface area contributed by atoms with Crippen LogP contribution in [-0.4, -0.2) is 87.0 Å². The number of nitrogens with zero attached hydrogens (tertiary/aromatic N) is 3. The van der Waals surface area contributed by atoms with Crippen LogP contribution < -0.4 is 0 Å². The second kappa shape index (κ2) is 12.8. The molecule has 2 saturated heterocycles. The van der Waals surface area contributed by atoms with E-state index < -0.39 is 24.3 Å². The van der Waals surface area contributed by atoms with Gasteiger partial charge in [-0.15, -0.1) is 11.3 Å². The zero-order chi connectivity index (χ0) is 27.8. The fraction of sp³-hybridized carbons (Fsp3) is 0.429. The summed E-state index contributed by atoms with van der Waals surface area (Å²) in [6, 6.07) is 8.30. The maximum absolute atomic E-state index is 12.3. The quantitative estimate of drug-likeness (QED) is 0.551. The summed E-state index contributed by atoms with van der Waals surface area (Å²) in [5.41, 5.74) is 1.07. The first-order valence-corrected chi connectivity index (χ1v) is 11.2. The van der Waals surface area contributed by atoms with Gasteiger partial charge >= 0.3 is 24.3 Å². The summed E-state index contributed by atoms with van der Waals surface area (Å²) in [4.78, 5) is 40.0. The molecule has 16 heteroatoms. The summed E-state index contributed by atoms with van der Waals surface area (Å²) in [6.45, 7) is 3.50. The lowest BCUT2D eigenvalue weighted by molar-refractivity contribution is -0.193. The number of alkyl halides is 6. The average Bonchev–Trinajstić information content (AvgIpc) is 3.46. The minimum absolute atomic E-state index is 0.0769. The highest BCUT2D eigenvalue weighted by atomic mass is 32.1. The van der Waals surface area contributed by atoms with Gasteiger partial charge in [0.1, 0.15) is 6.61 Å². The van der Waals surface area contributed by atoms with Gasteiger partial charge in [-0.2, -0.15) is 26.3 Å². The number of carbonyl (C=O) groups is 3. The number of pyridine rings is 1. The Hall–Kier alpha value is -3.24. The largest absolute Gasteiger partial charge is 0.490 e. The number of hydrogen-bond acceptors (Lipinski definition) is 7. The number of carbonyl (C=O) groups excluding carboxylic acids is 1. The van der Waals surface area contributed by atoms with Crippen LogP contribution in [0.3, 0.4) is 0 Å². The van der Waals surface area contributed by atoms with E-state index in [4.69, 9.17) is 24.5 Å². The molecule has 37 heavy (non-hydrogen) atoms. The third-order valence-electron chi connectivity index (χ3n) is 4.97. The Morgan fingerprint density at radius 3 is 2.14 bits per heavy atom. The predicted molar refractivity (Wildman–Crippen MR) is 115 cm³/mol. The van der Waals surface area contributed by atoms with Gasteiger partial charge in [0.15, 0.2) is 0 Å². The number of fused-ring (bicyclic) bond motifs is 1. The van der Waals surface area contributed by atoms with Crippen LogP contribution >= 0.6 is 11.3 Å². The lowest BCUT2D eigenvalue weighted by Gasteiger charge is -2.36. The molecule has 1 amide bonds. The van der Waals surface area contributed by atoms with Gasteiger partial charge in [-0.25, -0.2) is 9.59 Å². The summed E-state index contributed by atoms with van der Waals surface area (Å²) < 4.78 is 69.3. The molecule has 2 fully saturated rings. The van der Waals surface area contributed by atoms with Crippen LogP contribution in [-0.2, 0) is 32.2 Å². The van der Waals surface area contributed by atoms with Gasteiger partial charge in [-0.05, 0) is 23.1 Å². The number of rotatable bonds is 4. The highest BCUT2D eigenvalue weighted by Crippen LogP contribution is 2.27. The summed E-state index contributed by atoms with van der Waals surface area (Å²) in [5.74, 6) is -5.44. The number of ether oxygens (including phenoxy) is 1. The van der Waals surface area contributed by atoms with Crippen molar-refractivity contribution in [1.82, 2.24) is 14.8 Å². The molecule has 0 radical (unpaired) electrons. The van der Waals surface area contributed by atoms with E-state index >= 15 is 0 Å². The maximum Gasteiger partial charge on any atom is 0.490 e. The average molecular weight is 557 g/mol. The highest BCUT2D eigenvalue weighted by molar-refractivity contribution is 7.09. The third kappa shape index (κ3) is 9.62. The number of amides is 1. The van der Waals surface area contributed by atoms with Crippen molar-refractivity contribution >= 4 is 29.2 Å². The Morgan fingerprint density at radius 1 is 1.03 bits per heavy atom. The van der Waals surface area contributed by atoms with E-state index in [0.717, 1.165) is 25.2 Å². The third-order valence-corrected chi connectivity index (χ3v) is 5.84. The second-order valence-electron chi connectivity index (χ2n) is 7.68. The second-order valence-corrected chi connectivity index (χ2v) is 8.71. The molecular weight excluding hydrogens is 536 g/mol. The number of carboxylic acids is 2. The first-order chi connectivity index (χ1) is 17.2. The Kier molecular flexibility index (Phi) is 10.4. The monoisotopic (exact) mass is 557 g/mol. The fourth-order valence-corrected chi connectivity index (χ4v) is 4.13. The first kappa shape index (κ1) is 30.0. The summed E-state index contributed by atoms with van der Waals surface area (Å²) in [6.07, 6.45) is -6.47. The van der Waals surface area contributed by atoms with E-state index in [0.29, 0.717) is 6.54 Å². The Balaban J connectivity index is 0.000000286. The predicted octanol–water partition coefficient (Wildman–Crippen LogP) is 3.02. The molecule has 0 spiro atoms. The van der Waals surface area contributed by atoms with Crippen molar-refractivity contribution in [3.63, 3.8) is 0 Å². The Bertz CT molecular complexity index is 1010. The SMILES string of the molecule is O=C(O)C(F)(F)F.O=C(O)C(F)(F)F.O=C1CO[C@@H]2CN(Cc3cccs3)C[C@H]2N1Cc1cccnc1. The van der Waals surface area contributed by atoms with E-state index in [-0.39, 0.29) is 24.7 Å². The zero-order valence-corrected chi connectivity index (χ0v) is 19.6. The van der Waals surface area contributed by atoms with Gasteiger partial charge in [0.05, 0.1) is 12.1 Å². The number of aromatic nitrogens is 1. The molecule has 204 valence electrons. The zero-order valence-electron chi connectivity index (χ0n) is 18.8. The number of likely N-dealkylation sites (tertiary alicyclic amines) is 1. The number of thiophene rings is 1. The van der Waals surface area contributed by atoms with Crippen LogP contribution in [0, 0.1) is 0 Å². The molecule has 0 bridgehead atoms. The summed E-state index contributed by atoms with van der Waals surface area (Å²) in [5, 5.41) is 16.4. The molecule has 0 aliphatic carbocycles. The van der Waals surface area contributed by atoms with Crippen molar-refractivity contribution in [3.8, 4) is 0 Å². The highest BCUT2D eigenvalue weighted by Gasteiger charge is 2.43. The number of halogens is 6. The Morgan fingerprint density at radius 2 is 1.65 bits per heavy atom. The van der Waals surface area contributed by atoms with E-state index in [9.17, 15) is 31.1 Å². The topological polar surface area (TPSA) is 120 Å². The van der Waals surface area contributed by atoms with Crippen molar-refractivity contribution in [2.75, 3.05) is 19.7 Å². The molecule has 2 N–H and O–H groups in total. The van der Waals surface area contributed by atoms with Gasteiger partial charge in [-0.1, -0.05) is 12.1 Å². The minimum Gasteiger partial charge on any atom is -0.475 e. The fourth-order valence-electron chi connectivity index (χ4n) is 3.39. The van der Waals surface area contributed by atoms with Gasteiger partial charge < -0.3 is 19.8 Å². The molecule has 9 nitrogen and oxygen atoms in total. The van der Waals surface area contributed by atoms with Crippen LogP contribution in [0.5, 0.6) is 0 Å². The molecule has 2 aliphatic heterocycles. The van der Waals surface area contributed by atoms with Crippen molar-refractivity contribution < 1.29 is 55.7 Å². The summed E-state index contributed by atoms with van der Waals surface area (Å²) in [7, 11) is 0. The molecule has 2 aromatic heterocycles. The minimum atomic E-state index is -5.08. The van der Waals surface area contributed by atoms with E-state index in [1.807, 2.05) is 23.2 Å². The maximum atomic E-state index is 12.3. The molecule has 4 heterocycles. The molecule has 0 unspecified atom stereocenters. The lowest BCUT2D eigenvalue weighted by Crippen LogP contribution is -2.53. The molecule has 2 atom stereocenters. The molecule has 0 aromatic carbocycles. The van der Waals surface area contributed by atoms with Gasteiger partial charge in [0, 0.05) is 43.4 Å².